The Morgan fingerprint density at radius 1 is 1.40 bits per heavy atom. The van der Waals surface area contributed by atoms with E-state index in [9.17, 15) is 4.79 Å². The summed E-state index contributed by atoms with van der Waals surface area (Å²) in [6.45, 7) is 0. The first-order valence-electron chi connectivity index (χ1n) is 5.33. The number of nitrogens with two attached hydrogens (primary N) is 1. The van der Waals surface area contributed by atoms with E-state index < -0.39 is 0 Å². The van der Waals surface area contributed by atoms with Crippen LogP contribution in [0.5, 0.6) is 0 Å². The summed E-state index contributed by atoms with van der Waals surface area (Å²) in [6.07, 6.45) is 4.62. The Balaban J connectivity index is 2.01. The zero-order chi connectivity index (χ0) is 10.7. The highest BCUT2D eigenvalue weighted by molar-refractivity contribution is 5.95. The molecule has 1 radical (unpaired) electrons. The van der Waals surface area contributed by atoms with Crippen molar-refractivity contribution in [2.75, 3.05) is 5.73 Å². The zero-order valence-electron chi connectivity index (χ0n) is 8.62. The molecule has 0 spiro atoms. The van der Waals surface area contributed by atoms with Gasteiger partial charge >= 0.3 is 0 Å². The highest BCUT2D eigenvalue weighted by Gasteiger charge is 2.17. The van der Waals surface area contributed by atoms with Crippen LogP contribution >= 0.6 is 0 Å². The third-order valence-electron chi connectivity index (χ3n) is 2.76. The quantitative estimate of drug-likeness (QED) is 0.719. The topological polar surface area (TPSA) is 55.1 Å². The lowest BCUT2D eigenvalue weighted by Gasteiger charge is -2.11. The minimum atomic E-state index is -0.0366. The predicted octanol–water partition coefficient (Wildman–Crippen LogP) is 1.74. The second-order valence-electron chi connectivity index (χ2n) is 4.01. The first-order valence-corrected chi connectivity index (χ1v) is 5.33. The molecule has 0 bridgehead atoms. The number of amides is 1. The van der Waals surface area contributed by atoms with Crippen molar-refractivity contribution in [2.45, 2.75) is 31.7 Å². The Kier molecular flexibility index (Phi) is 2.90. The van der Waals surface area contributed by atoms with Gasteiger partial charge in [0, 0.05) is 17.3 Å². The molecule has 2 rings (SSSR count). The van der Waals surface area contributed by atoms with E-state index in [1.165, 1.54) is 12.8 Å². The van der Waals surface area contributed by atoms with Gasteiger partial charge < -0.3 is 11.1 Å². The minimum absolute atomic E-state index is 0.0366. The van der Waals surface area contributed by atoms with Crippen molar-refractivity contribution in [2.24, 2.45) is 0 Å². The summed E-state index contributed by atoms with van der Waals surface area (Å²) < 4.78 is 0. The monoisotopic (exact) mass is 203 g/mol. The molecule has 3 N–H and O–H groups in total. The molecule has 0 aromatic heterocycles. The van der Waals surface area contributed by atoms with Crippen molar-refractivity contribution in [1.29, 1.82) is 0 Å². The summed E-state index contributed by atoms with van der Waals surface area (Å²) in [5, 5.41) is 3.01. The maximum absolute atomic E-state index is 11.8. The molecule has 1 saturated carbocycles. The number of hydrogen-bond acceptors (Lipinski definition) is 2. The lowest BCUT2D eigenvalue weighted by atomic mass is 10.1. The Morgan fingerprint density at radius 3 is 2.80 bits per heavy atom. The largest absolute Gasteiger partial charge is 0.399 e. The number of benzene rings is 1. The predicted molar refractivity (Wildman–Crippen MR) is 59.4 cm³/mol. The van der Waals surface area contributed by atoms with E-state index in [4.69, 9.17) is 5.73 Å². The zero-order valence-corrected chi connectivity index (χ0v) is 8.62. The Bertz CT molecular complexity index is 356. The number of carbonyl (C=O) groups is 1. The Morgan fingerprint density at radius 2 is 2.13 bits per heavy atom. The average Bonchev–Trinajstić information content (AvgIpc) is 2.70. The van der Waals surface area contributed by atoms with Gasteiger partial charge in [-0.25, -0.2) is 0 Å². The minimum Gasteiger partial charge on any atom is -0.399 e. The summed E-state index contributed by atoms with van der Waals surface area (Å²) in [6, 6.07) is 8.20. The van der Waals surface area contributed by atoms with Gasteiger partial charge in [0.15, 0.2) is 0 Å². The molecule has 1 aromatic carbocycles. The fraction of sp³-hybridized carbons (Fsp3) is 0.417. The number of nitrogens with one attached hydrogen (secondary N) is 1. The maximum atomic E-state index is 11.8. The van der Waals surface area contributed by atoms with Gasteiger partial charge in [-0.2, -0.15) is 0 Å². The fourth-order valence-corrected chi connectivity index (χ4v) is 1.96. The first-order chi connectivity index (χ1) is 7.25. The fourth-order valence-electron chi connectivity index (χ4n) is 1.96. The molecule has 3 heteroatoms. The van der Waals surface area contributed by atoms with Crippen LogP contribution < -0.4 is 11.1 Å². The van der Waals surface area contributed by atoms with Gasteiger partial charge in [-0.05, 0) is 37.1 Å². The number of rotatable bonds is 2. The second kappa shape index (κ2) is 4.34. The molecule has 3 nitrogen and oxygen atoms in total. The van der Waals surface area contributed by atoms with Crippen LogP contribution in [0.1, 0.15) is 36.0 Å². The van der Waals surface area contributed by atoms with Gasteiger partial charge in [0.2, 0.25) is 0 Å². The SMILES string of the molecule is Nc1c[c]cc(C(=O)NC2CCCC2)c1. The first kappa shape index (κ1) is 10.0. The van der Waals surface area contributed by atoms with Gasteiger partial charge in [0.25, 0.3) is 5.91 Å². The van der Waals surface area contributed by atoms with Gasteiger partial charge in [0.05, 0.1) is 0 Å². The van der Waals surface area contributed by atoms with Crippen molar-refractivity contribution >= 4 is 11.6 Å². The molecule has 1 aliphatic rings. The van der Waals surface area contributed by atoms with Gasteiger partial charge in [-0.15, -0.1) is 0 Å². The molecule has 1 aromatic rings. The van der Waals surface area contributed by atoms with Crippen LogP contribution in [0.2, 0.25) is 0 Å². The summed E-state index contributed by atoms with van der Waals surface area (Å²) >= 11 is 0. The third kappa shape index (κ3) is 2.49. The lowest BCUT2D eigenvalue weighted by molar-refractivity contribution is 0.0938. The van der Waals surface area contributed by atoms with E-state index >= 15 is 0 Å². The standard InChI is InChI=1S/C12H15N2O/c13-10-5-3-4-9(8-10)12(15)14-11-6-1-2-7-11/h4-5,8,11H,1-2,6-7,13H2,(H,14,15). The van der Waals surface area contributed by atoms with E-state index in [0.717, 1.165) is 12.8 Å². The molecule has 0 aliphatic heterocycles. The van der Waals surface area contributed by atoms with E-state index in [0.29, 0.717) is 17.3 Å². The van der Waals surface area contributed by atoms with Crippen molar-refractivity contribution in [1.82, 2.24) is 5.32 Å². The average molecular weight is 203 g/mol. The molecule has 1 fully saturated rings. The Hall–Kier alpha value is -1.51. The normalized spacial score (nSPS) is 16.5. The smallest absolute Gasteiger partial charge is 0.251 e. The molecule has 1 aliphatic carbocycles. The van der Waals surface area contributed by atoms with Crippen molar-refractivity contribution in [3.8, 4) is 0 Å². The molecule has 0 heterocycles. The van der Waals surface area contributed by atoms with Crippen LogP contribution in [0.3, 0.4) is 0 Å². The van der Waals surface area contributed by atoms with Crippen molar-refractivity contribution < 1.29 is 4.79 Å². The van der Waals surface area contributed by atoms with E-state index in [-0.39, 0.29) is 5.91 Å². The van der Waals surface area contributed by atoms with E-state index in [2.05, 4.69) is 11.4 Å². The summed E-state index contributed by atoms with van der Waals surface area (Å²) in [5.74, 6) is -0.0366. The number of carbonyl (C=O) groups excluding carboxylic acids is 1. The number of anilines is 1. The van der Waals surface area contributed by atoms with Crippen LogP contribution in [-0.4, -0.2) is 11.9 Å². The second-order valence-corrected chi connectivity index (χ2v) is 4.01. The van der Waals surface area contributed by atoms with Gasteiger partial charge in [0.1, 0.15) is 0 Å². The lowest BCUT2D eigenvalue weighted by Crippen LogP contribution is -2.32. The van der Waals surface area contributed by atoms with E-state index in [1.54, 1.807) is 18.2 Å². The number of nitrogen functional groups attached to an aromatic ring is 1. The highest BCUT2D eigenvalue weighted by atomic mass is 16.1. The highest BCUT2D eigenvalue weighted by Crippen LogP contribution is 2.18. The third-order valence-corrected chi connectivity index (χ3v) is 2.76. The van der Waals surface area contributed by atoms with Gasteiger partial charge in [-0.3, -0.25) is 4.79 Å². The molecular formula is C12H15N2O. The van der Waals surface area contributed by atoms with E-state index in [1.807, 2.05) is 0 Å². The van der Waals surface area contributed by atoms with Crippen molar-refractivity contribution in [3.63, 3.8) is 0 Å². The number of hydrogen-bond donors (Lipinski definition) is 2. The molecule has 0 unspecified atom stereocenters. The molecule has 15 heavy (non-hydrogen) atoms. The maximum Gasteiger partial charge on any atom is 0.251 e. The van der Waals surface area contributed by atoms with Crippen LogP contribution in [0, 0.1) is 6.07 Å². The summed E-state index contributed by atoms with van der Waals surface area (Å²) in [5.41, 5.74) is 6.77. The summed E-state index contributed by atoms with van der Waals surface area (Å²) in [7, 11) is 0. The molecular weight excluding hydrogens is 188 g/mol. The molecule has 1 amide bonds. The molecule has 79 valence electrons. The van der Waals surface area contributed by atoms with Crippen LogP contribution in [0.4, 0.5) is 5.69 Å². The summed E-state index contributed by atoms with van der Waals surface area (Å²) in [4.78, 5) is 11.8. The molecule has 0 atom stereocenters. The Labute approximate surface area is 89.7 Å². The van der Waals surface area contributed by atoms with Crippen LogP contribution in [0.25, 0.3) is 0 Å². The van der Waals surface area contributed by atoms with Crippen molar-refractivity contribution in [3.05, 3.63) is 29.8 Å². The van der Waals surface area contributed by atoms with Crippen LogP contribution in [-0.2, 0) is 0 Å². The van der Waals surface area contributed by atoms with Gasteiger partial charge in [-0.1, -0.05) is 12.8 Å². The molecule has 0 saturated heterocycles. The van der Waals surface area contributed by atoms with Crippen LogP contribution in [0.15, 0.2) is 18.2 Å².